The lowest BCUT2D eigenvalue weighted by atomic mass is 9.77. The first-order valence-corrected chi connectivity index (χ1v) is 5.16. The van der Waals surface area contributed by atoms with Gasteiger partial charge in [0.1, 0.15) is 0 Å². The Balaban J connectivity index is 0.000000336. The molecule has 2 fully saturated rings. The molecule has 2 nitrogen and oxygen atoms in total. The first-order valence-electron chi connectivity index (χ1n) is 5.16. The fourth-order valence-corrected chi connectivity index (χ4v) is 2.17. The normalized spacial score (nSPS) is 40.5. The molecule has 72 valence electrons. The van der Waals surface area contributed by atoms with E-state index < -0.39 is 0 Å². The van der Waals surface area contributed by atoms with Crippen LogP contribution in [0.3, 0.4) is 0 Å². The minimum Gasteiger partial charge on any atom is -0.309 e. The molecule has 0 bridgehead atoms. The minimum absolute atomic E-state index is 0.523. The molecule has 12 heavy (non-hydrogen) atoms. The van der Waals surface area contributed by atoms with Gasteiger partial charge in [-0.2, -0.15) is 0 Å². The zero-order chi connectivity index (χ0) is 9.19. The SMILES string of the molecule is CC.CC1CNC12CCN(C)C2. The average Bonchev–Trinajstić information content (AvgIpc) is 2.51. The summed E-state index contributed by atoms with van der Waals surface area (Å²) in [5.74, 6) is 0.900. The van der Waals surface area contributed by atoms with Crippen molar-refractivity contribution < 1.29 is 0 Å². The maximum atomic E-state index is 3.56. The molecule has 0 saturated carbocycles. The maximum Gasteiger partial charge on any atom is 0.0358 e. The Morgan fingerprint density at radius 3 is 2.25 bits per heavy atom. The quantitative estimate of drug-likeness (QED) is 0.590. The van der Waals surface area contributed by atoms with Crippen molar-refractivity contribution in [1.82, 2.24) is 10.2 Å². The second-order valence-corrected chi connectivity index (χ2v) is 3.93. The lowest BCUT2D eigenvalue weighted by Crippen LogP contribution is -2.65. The predicted molar refractivity (Wildman–Crippen MR) is 53.4 cm³/mol. The summed E-state index contributed by atoms with van der Waals surface area (Å²) in [6, 6.07) is 0. The monoisotopic (exact) mass is 170 g/mol. The molecule has 0 aromatic carbocycles. The summed E-state index contributed by atoms with van der Waals surface area (Å²) in [7, 11) is 2.21. The molecule has 0 aromatic rings. The topological polar surface area (TPSA) is 15.3 Å². The standard InChI is InChI=1S/C8H16N2.C2H6/c1-7-5-9-8(7)3-4-10(2)6-8;1-2/h7,9H,3-6H2,1-2H3;1-2H3. The Morgan fingerprint density at radius 2 is 2.08 bits per heavy atom. The van der Waals surface area contributed by atoms with Crippen LogP contribution in [0.2, 0.25) is 0 Å². The highest BCUT2D eigenvalue weighted by atomic mass is 15.2. The van der Waals surface area contributed by atoms with Gasteiger partial charge in [0.25, 0.3) is 0 Å². The van der Waals surface area contributed by atoms with Crippen LogP contribution in [0.5, 0.6) is 0 Å². The molecule has 2 heteroatoms. The van der Waals surface area contributed by atoms with E-state index in [9.17, 15) is 0 Å². The second kappa shape index (κ2) is 3.75. The lowest BCUT2D eigenvalue weighted by Gasteiger charge is -2.46. The Labute approximate surface area is 76.3 Å². The fraction of sp³-hybridized carbons (Fsp3) is 1.00. The number of likely N-dealkylation sites (tertiary alicyclic amines) is 1. The van der Waals surface area contributed by atoms with Gasteiger partial charge >= 0.3 is 0 Å². The van der Waals surface area contributed by atoms with Gasteiger partial charge in [-0.3, -0.25) is 0 Å². The van der Waals surface area contributed by atoms with Crippen LogP contribution in [-0.4, -0.2) is 37.1 Å². The molecule has 2 unspecified atom stereocenters. The number of nitrogens with one attached hydrogen (secondary N) is 1. The summed E-state index contributed by atoms with van der Waals surface area (Å²) < 4.78 is 0. The summed E-state index contributed by atoms with van der Waals surface area (Å²) >= 11 is 0. The van der Waals surface area contributed by atoms with Crippen LogP contribution >= 0.6 is 0 Å². The van der Waals surface area contributed by atoms with Crippen LogP contribution in [0.4, 0.5) is 0 Å². The van der Waals surface area contributed by atoms with Crippen LogP contribution in [0.15, 0.2) is 0 Å². The van der Waals surface area contributed by atoms with E-state index in [0.29, 0.717) is 5.54 Å². The molecule has 2 aliphatic rings. The van der Waals surface area contributed by atoms with E-state index in [1.807, 2.05) is 13.8 Å². The molecule has 2 rings (SSSR count). The van der Waals surface area contributed by atoms with Gasteiger partial charge in [-0.05, 0) is 25.9 Å². The molecular formula is C10H22N2. The molecule has 2 heterocycles. The van der Waals surface area contributed by atoms with E-state index in [4.69, 9.17) is 0 Å². The number of likely N-dealkylation sites (N-methyl/N-ethyl adjacent to an activating group) is 1. The average molecular weight is 170 g/mol. The van der Waals surface area contributed by atoms with Crippen LogP contribution < -0.4 is 5.32 Å². The number of rotatable bonds is 0. The fourth-order valence-electron chi connectivity index (χ4n) is 2.17. The van der Waals surface area contributed by atoms with E-state index in [1.165, 1.54) is 26.1 Å². The van der Waals surface area contributed by atoms with Crippen LogP contribution in [-0.2, 0) is 0 Å². The third-order valence-electron chi connectivity index (χ3n) is 3.20. The third-order valence-corrected chi connectivity index (χ3v) is 3.20. The summed E-state index contributed by atoms with van der Waals surface area (Å²) in [6.07, 6.45) is 1.35. The van der Waals surface area contributed by atoms with Gasteiger partial charge in [0.05, 0.1) is 0 Å². The number of hydrogen-bond acceptors (Lipinski definition) is 2. The molecule has 0 radical (unpaired) electrons. The van der Waals surface area contributed by atoms with Gasteiger partial charge in [-0.25, -0.2) is 0 Å². The second-order valence-electron chi connectivity index (χ2n) is 3.93. The maximum absolute atomic E-state index is 3.56. The molecule has 1 N–H and O–H groups in total. The number of nitrogens with zero attached hydrogens (tertiary/aromatic N) is 1. The van der Waals surface area contributed by atoms with Gasteiger partial charge in [0.2, 0.25) is 0 Å². The molecule has 2 aliphatic heterocycles. The highest BCUT2D eigenvalue weighted by molar-refractivity contribution is 5.07. The predicted octanol–water partition coefficient (Wildman–Crippen LogP) is 1.33. The van der Waals surface area contributed by atoms with Crippen LogP contribution in [0.25, 0.3) is 0 Å². The van der Waals surface area contributed by atoms with Crippen molar-refractivity contribution in [2.75, 3.05) is 26.7 Å². The van der Waals surface area contributed by atoms with Crippen molar-refractivity contribution in [2.45, 2.75) is 32.7 Å². The third kappa shape index (κ3) is 1.50. The summed E-state index contributed by atoms with van der Waals surface area (Å²) in [5, 5.41) is 3.56. The van der Waals surface area contributed by atoms with Crippen molar-refractivity contribution in [2.24, 2.45) is 5.92 Å². The van der Waals surface area contributed by atoms with Crippen molar-refractivity contribution in [3.05, 3.63) is 0 Å². The molecule has 0 aliphatic carbocycles. The molecule has 1 spiro atoms. The summed E-state index contributed by atoms with van der Waals surface area (Å²) in [6.45, 7) is 10.1. The Bertz CT molecular complexity index is 147. The Morgan fingerprint density at radius 1 is 1.42 bits per heavy atom. The largest absolute Gasteiger partial charge is 0.309 e. The van der Waals surface area contributed by atoms with Gasteiger partial charge in [-0.1, -0.05) is 20.8 Å². The molecule has 0 aromatic heterocycles. The van der Waals surface area contributed by atoms with Crippen LogP contribution in [0.1, 0.15) is 27.2 Å². The van der Waals surface area contributed by atoms with E-state index in [2.05, 4.69) is 24.2 Å². The van der Waals surface area contributed by atoms with Crippen molar-refractivity contribution in [3.63, 3.8) is 0 Å². The molecule has 2 atom stereocenters. The zero-order valence-corrected chi connectivity index (χ0v) is 8.85. The van der Waals surface area contributed by atoms with Gasteiger partial charge in [0.15, 0.2) is 0 Å². The Kier molecular flexibility index (Phi) is 3.13. The molecular weight excluding hydrogens is 148 g/mol. The smallest absolute Gasteiger partial charge is 0.0358 e. The van der Waals surface area contributed by atoms with E-state index in [0.717, 1.165) is 5.92 Å². The van der Waals surface area contributed by atoms with Gasteiger partial charge < -0.3 is 10.2 Å². The minimum atomic E-state index is 0.523. The highest BCUT2D eigenvalue weighted by Crippen LogP contribution is 2.34. The first kappa shape index (κ1) is 10.0. The van der Waals surface area contributed by atoms with Gasteiger partial charge in [0, 0.05) is 18.6 Å². The Hall–Kier alpha value is -0.0800. The summed E-state index contributed by atoms with van der Waals surface area (Å²) in [5.41, 5.74) is 0.523. The van der Waals surface area contributed by atoms with Crippen molar-refractivity contribution in [3.8, 4) is 0 Å². The van der Waals surface area contributed by atoms with E-state index in [-0.39, 0.29) is 0 Å². The molecule has 2 saturated heterocycles. The molecule has 0 amide bonds. The van der Waals surface area contributed by atoms with E-state index >= 15 is 0 Å². The van der Waals surface area contributed by atoms with Crippen LogP contribution in [0, 0.1) is 5.92 Å². The van der Waals surface area contributed by atoms with E-state index in [1.54, 1.807) is 0 Å². The number of hydrogen-bond donors (Lipinski definition) is 1. The van der Waals surface area contributed by atoms with Crippen molar-refractivity contribution >= 4 is 0 Å². The lowest BCUT2D eigenvalue weighted by molar-refractivity contribution is 0.124. The summed E-state index contributed by atoms with van der Waals surface area (Å²) in [4.78, 5) is 2.42. The first-order chi connectivity index (χ1) is 5.73. The van der Waals surface area contributed by atoms with Crippen molar-refractivity contribution in [1.29, 1.82) is 0 Å². The van der Waals surface area contributed by atoms with Gasteiger partial charge in [-0.15, -0.1) is 0 Å². The zero-order valence-electron chi connectivity index (χ0n) is 8.85. The highest BCUT2D eigenvalue weighted by Gasteiger charge is 2.46.